The fourth-order valence-corrected chi connectivity index (χ4v) is 3.10. The molecule has 1 aliphatic rings. The fraction of sp³-hybridized carbons (Fsp3) is 0.500. The van der Waals surface area contributed by atoms with Crippen LogP contribution in [0.15, 0.2) is 30.3 Å². The molecule has 0 heterocycles. The van der Waals surface area contributed by atoms with Gasteiger partial charge in [0.2, 0.25) is 5.91 Å². The second-order valence-corrected chi connectivity index (χ2v) is 6.15. The quantitative estimate of drug-likeness (QED) is 0.796. The lowest BCUT2D eigenvalue weighted by atomic mass is 9.79. The smallest absolute Gasteiger partial charge is 0.317 e. The molecule has 1 aromatic rings. The molecule has 24 heavy (non-hydrogen) atoms. The van der Waals surface area contributed by atoms with Gasteiger partial charge in [0, 0.05) is 14.1 Å². The average Bonchev–Trinajstić information content (AvgIpc) is 3.11. The van der Waals surface area contributed by atoms with Gasteiger partial charge in [-0.15, -0.1) is 0 Å². The highest BCUT2D eigenvalue weighted by molar-refractivity contribution is 5.88. The molecule has 0 bridgehead atoms. The molecule has 0 radical (unpaired) electrons. The first-order valence-corrected chi connectivity index (χ1v) is 8.17. The molecule has 0 atom stereocenters. The largest absolute Gasteiger partial charge is 0.455 e. The zero-order valence-electron chi connectivity index (χ0n) is 14.2. The number of benzene rings is 1. The van der Waals surface area contributed by atoms with E-state index in [1.807, 2.05) is 30.3 Å². The zero-order valence-corrected chi connectivity index (χ0v) is 14.2. The van der Waals surface area contributed by atoms with Crippen molar-refractivity contribution in [2.24, 2.45) is 0 Å². The molecule has 6 heteroatoms. The first-order chi connectivity index (χ1) is 11.5. The lowest BCUT2D eigenvalue weighted by Gasteiger charge is -2.27. The van der Waals surface area contributed by atoms with Crippen molar-refractivity contribution >= 4 is 17.8 Å². The molecule has 6 nitrogen and oxygen atoms in total. The van der Waals surface area contributed by atoms with Crippen molar-refractivity contribution in [2.45, 2.75) is 31.1 Å². The average molecular weight is 332 g/mol. The van der Waals surface area contributed by atoms with E-state index in [1.165, 1.54) is 19.0 Å². The van der Waals surface area contributed by atoms with Gasteiger partial charge in [0.15, 0.2) is 6.61 Å². The Balaban J connectivity index is 2.00. The standard InChI is InChI=1S/C18H24N2O4/c1-19-15(21)12-20(2)16(22)13-24-17(23)18(10-6-7-11-18)14-8-4-3-5-9-14/h3-5,8-9H,6-7,10-13H2,1-2H3,(H,19,21). The highest BCUT2D eigenvalue weighted by Gasteiger charge is 2.44. The molecule has 0 unspecified atom stereocenters. The van der Waals surface area contributed by atoms with Crippen LogP contribution in [0.3, 0.4) is 0 Å². The molecule has 0 saturated heterocycles. The van der Waals surface area contributed by atoms with Gasteiger partial charge in [0.1, 0.15) is 0 Å². The van der Waals surface area contributed by atoms with Crippen LogP contribution in [0.25, 0.3) is 0 Å². The maximum Gasteiger partial charge on any atom is 0.317 e. The SMILES string of the molecule is CNC(=O)CN(C)C(=O)COC(=O)C1(c2ccccc2)CCCC1. The van der Waals surface area contributed by atoms with Crippen LogP contribution in [0.2, 0.25) is 0 Å². The maximum absolute atomic E-state index is 12.7. The summed E-state index contributed by atoms with van der Waals surface area (Å²) < 4.78 is 5.32. The van der Waals surface area contributed by atoms with Crippen molar-refractivity contribution in [3.63, 3.8) is 0 Å². The number of ether oxygens (including phenoxy) is 1. The monoisotopic (exact) mass is 332 g/mol. The summed E-state index contributed by atoms with van der Waals surface area (Å²) in [5.74, 6) is -1.02. The van der Waals surface area contributed by atoms with Crippen molar-refractivity contribution < 1.29 is 19.1 Å². The predicted octanol–water partition coefficient (Wildman–Crippen LogP) is 1.25. The molecular weight excluding hydrogens is 308 g/mol. The van der Waals surface area contributed by atoms with Gasteiger partial charge in [-0.1, -0.05) is 43.2 Å². The minimum Gasteiger partial charge on any atom is -0.455 e. The first-order valence-electron chi connectivity index (χ1n) is 8.17. The van der Waals surface area contributed by atoms with E-state index < -0.39 is 11.3 Å². The summed E-state index contributed by atoms with van der Waals surface area (Å²) in [6, 6.07) is 9.60. The van der Waals surface area contributed by atoms with Crippen LogP contribution < -0.4 is 5.32 Å². The van der Waals surface area contributed by atoms with Crippen LogP contribution in [0.4, 0.5) is 0 Å². The molecule has 0 aliphatic heterocycles. The Kier molecular flexibility index (Phi) is 5.95. The van der Waals surface area contributed by atoms with Gasteiger partial charge in [-0.05, 0) is 18.4 Å². The Morgan fingerprint density at radius 3 is 2.38 bits per heavy atom. The Morgan fingerprint density at radius 1 is 1.17 bits per heavy atom. The summed E-state index contributed by atoms with van der Waals surface area (Å²) in [7, 11) is 3.01. The number of likely N-dealkylation sites (N-methyl/N-ethyl adjacent to an activating group) is 2. The van der Waals surface area contributed by atoms with Gasteiger partial charge in [-0.3, -0.25) is 14.4 Å². The summed E-state index contributed by atoms with van der Waals surface area (Å²) in [6.07, 6.45) is 3.40. The minimum absolute atomic E-state index is 0.0588. The van der Waals surface area contributed by atoms with Crippen molar-refractivity contribution in [1.82, 2.24) is 10.2 Å². The van der Waals surface area contributed by atoms with E-state index in [9.17, 15) is 14.4 Å². The lowest BCUT2D eigenvalue weighted by molar-refractivity contribution is -0.157. The first kappa shape index (κ1) is 18.0. The number of esters is 1. The molecular formula is C18H24N2O4. The zero-order chi connectivity index (χ0) is 17.6. The van der Waals surface area contributed by atoms with Gasteiger partial charge in [-0.2, -0.15) is 0 Å². The Morgan fingerprint density at radius 2 is 1.79 bits per heavy atom. The van der Waals surface area contributed by atoms with Gasteiger partial charge < -0.3 is 15.0 Å². The normalized spacial score (nSPS) is 15.6. The third-order valence-corrected chi connectivity index (χ3v) is 4.59. The molecule has 1 saturated carbocycles. The number of nitrogens with one attached hydrogen (secondary N) is 1. The number of amides is 2. The van der Waals surface area contributed by atoms with Crippen molar-refractivity contribution in [1.29, 1.82) is 0 Å². The molecule has 0 spiro atoms. The van der Waals surface area contributed by atoms with E-state index in [-0.39, 0.29) is 25.0 Å². The van der Waals surface area contributed by atoms with Crippen LogP contribution in [-0.4, -0.2) is 49.9 Å². The number of rotatable bonds is 6. The summed E-state index contributed by atoms with van der Waals surface area (Å²) in [4.78, 5) is 37.3. The van der Waals surface area contributed by atoms with E-state index >= 15 is 0 Å². The number of carbonyl (C=O) groups is 3. The summed E-state index contributed by atoms with van der Waals surface area (Å²) in [6.45, 7) is -0.405. The van der Waals surface area contributed by atoms with Crippen LogP contribution in [0.5, 0.6) is 0 Å². The molecule has 2 amide bonds. The Labute approximate surface area is 142 Å². The molecule has 1 fully saturated rings. The Bertz CT molecular complexity index is 594. The molecule has 2 rings (SSSR count). The van der Waals surface area contributed by atoms with E-state index in [0.29, 0.717) is 0 Å². The van der Waals surface area contributed by atoms with Gasteiger partial charge in [0.25, 0.3) is 5.91 Å². The van der Waals surface area contributed by atoms with Crippen LogP contribution >= 0.6 is 0 Å². The molecule has 0 aromatic heterocycles. The summed E-state index contributed by atoms with van der Waals surface area (Å²) in [5.41, 5.74) is 0.291. The van der Waals surface area contributed by atoms with Crippen molar-refractivity contribution in [2.75, 3.05) is 27.2 Å². The van der Waals surface area contributed by atoms with Crippen molar-refractivity contribution in [3.8, 4) is 0 Å². The third-order valence-electron chi connectivity index (χ3n) is 4.59. The van der Waals surface area contributed by atoms with Gasteiger partial charge >= 0.3 is 5.97 Å². The van der Waals surface area contributed by atoms with E-state index in [4.69, 9.17) is 4.74 Å². The topological polar surface area (TPSA) is 75.7 Å². The number of hydrogen-bond donors (Lipinski definition) is 1. The Hall–Kier alpha value is -2.37. The number of carbonyl (C=O) groups excluding carboxylic acids is 3. The minimum atomic E-state index is -0.652. The van der Waals surface area contributed by atoms with Crippen LogP contribution in [0.1, 0.15) is 31.2 Å². The van der Waals surface area contributed by atoms with Crippen molar-refractivity contribution in [3.05, 3.63) is 35.9 Å². The van der Waals surface area contributed by atoms with Crippen LogP contribution in [-0.2, 0) is 24.5 Å². The second kappa shape index (κ2) is 7.95. The third kappa shape index (κ3) is 3.93. The lowest BCUT2D eigenvalue weighted by Crippen LogP contribution is -2.41. The number of hydrogen-bond acceptors (Lipinski definition) is 4. The van der Waals surface area contributed by atoms with Gasteiger partial charge in [-0.25, -0.2) is 0 Å². The summed E-state index contributed by atoms with van der Waals surface area (Å²) >= 11 is 0. The van der Waals surface area contributed by atoms with E-state index in [2.05, 4.69) is 5.32 Å². The molecule has 1 N–H and O–H groups in total. The highest BCUT2D eigenvalue weighted by Crippen LogP contribution is 2.42. The van der Waals surface area contributed by atoms with Gasteiger partial charge in [0.05, 0.1) is 12.0 Å². The highest BCUT2D eigenvalue weighted by atomic mass is 16.5. The van der Waals surface area contributed by atoms with E-state index in [1.54, 1.807) is 0 Å². The molecule has 1 aliphatic carbocycles. The second-order valence-electron chi connectivity index (χ2n) is 6.15. The predicted molar refractivity (Wildman–Crippen MR) is 89.3 cm³/mol. The van der Waals surface area contributed by atoms with E-state index in [0.717, 1.165) is 31.2 Å². The van der Waals surface area contributed by atoms with Crippen LogP contribution in [0, 0.1) is 0 Å². The number of nitrogens with zero attached hydrogens (tertiary/aromatic N) is 1. The molecule has 1 aromatic carbocycles. The molecule has 130 valence electrons. The fourth-order valence-electron chi connectivity index (χ4n) is 3.10. The summed E-state index contributed by atoms with van der Waals surface area (Å²) in [5, 5.41) is 2.45. The maximum atomic E-state index is 12.7.